The molecule has 0 aliphatic carbocycles. The monoisotopic (exact) mass is 312 g/mol. The van der Waals surface area contributed by atoms with Gasteiger partial charge in [-0.05, 0) is 37.6 Å². The van der Waals surface area contributed by atoms with Crippen molar-refractivity contribution in [2.45, 2.75) is 19.8 Å². The van der Waals surface area contributed by atoms with Gasteiger partial charge in [-0.25, -0.2) is 4.68 Å². The van der Waals surface area contributed by atoms with Crippen molar-refractivity contribution in [2.24, 2.45) is 0 Å². The van der Waals surface area contributed by atoms with E-state index in [1.165, 1.54) is 4.68 Å². The number of hydrogen-bond acceptors (Lipinski definition) is 3. The van der Waals surface area contributed by atoms with Gasteiger partial charge in [0.25, 0.3) is 0 Å². The molecule has 1 aromatic heterocycles. The van der Waals surface area contributed by atoms with Gasteiger partial charge in [0.2, 0.25) is 5.91 Å². The van der Waals surface area contributed by atoms with Crippen LogP contribution in [0, 0.1) is 6.92 Å². The summed E-state index contributed by atoms with van der Waals surface area (Å²) in [6.07, 6.45) is 2.62. The molecule has 0 amide bonds. The molecule has 1 heterocycles. The lowest BCUT2D eigenvalue weighted by atomic mass is 10.3. The molecule has 0 unspecified atom stereocenters. The van der Waals surface area contributed by atoms with Crippen LogP contribution in [0.3, 0.4) is 0 Å². The fraction of sp³-hybridized carbons (Fsp3) is 0.286. The van der Waals surface area contributed by atoms with Crippen LogP contribution in [-0.4, -0.2) is 22.3 Å². The highest BCUT2D eigenvalue weighted by Crippen LogP contribution is 2.27. The summed E-state index contributed by atoms with van der Waals surface area (Å²) in [4.78, 5) is 11.8. The molecule has 0 aliphatic rings. The van der Waals surface area contributed by atoms with Crippen molar-refractivity contribution in [3.05, 3.63) is 46.2 Å². The molecule has 0 fully saturated rings. The van der Waals surface area contributed by atoms with Crippen molar-refractivity contribution in [3.63, 3.8) is 0 Å². The number of nitrogens with zero attached hydrogens (tertiary/aromatic N) is 2. The Morgan fingerprint density at radius 1 is 1.35 bits per heavy atom. The minimum absolute atomic E-state index is 0.0519. The highest BCUT2D eigenvalue weighted by molar-refractivity contribution is 6.35. The molecule has 4 nitrogen and oxygen atoms in total. The molecule has 0 aliphatic heterocycles. The van der Waals surface area contributed by atoms with E-state index in [0.29, 0.717) is 35.2 Å². The van der Waals surface area contributed by atoms with E-state index in [9.17, 15) is 4.79 Å². The minimum atomic E-state index is -0.0519. The Bertz CT molecular complexity index is 611. The number of hydrogen-bond donors (Lipinski definition) is 0. The zero-order valence-corrected chi connectivity index (χ0v) is 12.5. The van der Waals surface area contributed by atoms with Crippen molar-refractivity contribution in [1.29, 1.82) is 0 Å². The van der Waals surface area contributed by atoms with Crippen LogP contribution in [0.15, 0.2) is 30.5 Å². The maximum Gasteiger partial charge on any atom is 0.246 e. The van der Waals surface area contributed by atoms with Crippen LogP contribution in [-0.2, 0) is 0 Å². The van der Waals surface area contributed by atoms with Crippen LogP contribution < -0.4 is 4.74 Å². The molecule has 0 N–H and O–H groups in total. The zero-order chi connectivity index (χ0) is 14.5. The van der Waals surface area contributed by atoms with Crippen LogP contribution in [0.25, 0.3) is 0 Å². The Morgan fingerprint density at radius 2 is 2.15 bits per heavy atom. The molecule has 106 valence electrons. The Balaban J connectivity index is 1.77. The predicted octanol–water partition coefficient (Wildman–Crippen LogP) is 4.00. The second kappa shape index (κ2) is 6.77. The third kappa shape index (κ3) is 3.99. The van der Waals surface area contributed by atoms with Crippen LogP contribution in [0.4, 0.5) is 0 Å². The lowest BCUT2D eigenvalue weighted by Gasteiger charge is -2.07. The second-order valence-electron chi connectivity index (χ2n) is 4.32. The predicted molar refractivity (Wildman–Crippen MR) is 78.8 cm³/mol. The van der Waals surface area contributed by atoms with E-state index >= 15 is 0 Å². The summed E-state index contributed by atoms with van der Waals surface area (Å²) >= 11 is 11.8. The van der Waals surface area contributed by atoms with E-state index in [1.54, 1.807) is 30.5 Å². The molecule has 1 aromatic carbocycles. The fourth-order valence-corrected chi connectivity index (χ4v) is 2.13. The first-order chi connectivity index (χ1) is 9.56. The van der Waals surface area contributed by atoms with Gasteiger partial charge in [0.05, 0.1) is 17.3 Å². The van der Waals surface area contributed by atoms with Crippen LogP contribution in [0.5, 0.6) is 5.75 Å². The normalized spacial score (nSPS) is 10.6. The molecule has 0 radical (unpaired) electrons. The summed E-state index contributed by atoms with van der Waals surface area (Å²) < 4.78 is 6.86. The summed E-state index contributed by atoms with van der Waals surface area (Å²) in [6, 6.07) is 6.84. The highest BCUT2D eigenvalue weighted by atomic mass is 35.5. The quantitative estimate of drug-likeness (QED) is 0.784. The first kappa shape index (κ1) is 14.9. The van der Waals surface area contributed by atoms with Gasteiger partial charge in [-0.2, -0.15) is 5.10 Å². The molecule has 0 bridgehead atoms. The summed E-state index contributed by atoms with van der Waals surface area (Å²) in [5.41, 5.74) is 0.822. The van der Waals surface area contributed by atoms with Gasteiger partial charge in [-0.3, -0.25) is 4.79 Å². The molecule has 0 atom stereocenters. The van der Waals surface area contributed by atoms with Crippen molar-refractivity contribution >= 4 is 29.1 Å². The van der Waals surface area contributed by atoms with Crippen molar-refractivity contribution in [1.82, 2.24) is 9.78 Å². The van der Waals surface area contributed by atoms with Gasteiger partial charge in [0.15, 0.2) is 0 Å². The average Bonchev–Trinajstić information content (AvgIpc) is 2.83. The molecule has 2 aromatic rings. The van der Waals surface area contributed by atoms with Gasteiger partial charge < -0.3 is 4.74 Å². The molecule has 20 heavy (non-hydrogen) atoms. The average molecular weight is 313 g/mol. The van der Waals surface area contributed by atoms with Crippen LogP contribution in [0.2, 0.25) is 10.0 Å². The van der Waals surface area contributed by atoms with E-state index in [0.717, 1.165) is 5.69 Å². The highest BCUT2D eigenvalue weighted by Gasteiger charge is 2.07. The van der Waals surface area contributed by atoms with E-state index in [2.05, 4.69) is 5.10 Å². The first-order valence-corrected chi connectivity index (χ1v) is 6.95. The second-order valence-corrected chi connectivity index (χ2v) is 5.17. The SMILES string of the molecule is Cc1ccn(C(=O)CCCOc2ccc(Cl)cc2Cl)n1. The number of carbonyl (C=O) groups is 1. The number of rotatable bonds is 5. The minimum Gasteiger partial charge on any atom is -0.492 e. The molecule has 0 spiro atoms. The summed E-state index contributed by atoms with van der Waals surface area (Å²) in [6.45, 7) is 2.25. The molecular formula is C14H14Cl2N2O2. The number of carbonyl (C=O) groups excluding carboxylic acids is 1. The summed E-state index contributed by atoms with van der Waals surface area (Å²) in [7, 11) is 0. The lowest BCUT2D eigenvalue weighted by Crippen LogP contribution is -2.12. The number of aromatic nitrogens is 2. The fourth-order valence-electron chi connectivity index (χ4n) is 1.67. The topological polar surface area (TPSA) is 44.1 Å². The van der Waals surface area contributed by atoms with Crippen molar-refractivity contribution in [3.8, 4) is 5.75 Å². The standard InChI is InChI=1S/C14H14Cl2N2O2/c1-10-6-7-18(17-10)14(19)3-2-8-20-13-5-4-11(15)9-12(13)16/h4-7,9H,2-3,8H2,1H3. The smallest absolute Gasteiger partial charge is 0.246 e. The third-order valence-electron chi connectivity index (χ3n) is 2.66. The summed E-state index contributed by atoms with van der Waals surface area (Å²) in [5.74, 6) is 0.516. The molecule has 0 saturated carbocycles. The number of benzene rings is 1. The number of ether oxygens (including phenoxy) is 1. The van der Waals surface area contributed by atoms with Gasteiger partial charge in [-0.1, -0.05) is 23.2 Å². The number of aryl methyl sites for hydroxylation is 1. The van der Waals surface area contributed by atoms with Gasteiger partial charge in [0.1, 0.15) is 5.75 Å². The van der Waals surface area contributed by atoms with Gasteiger partial charge in [-0.15, -0.1) is 0 Å². The Labute approximate surface area is 127 Å². The largest absolute Gasteiger partial charge is 0.492 e. The van der Waals surface area contributed by atoms with Crippen LogP contribution in [0.1, 0.15) is 23.3 Å². The third-order valence-corrected chi connectivity index (χ3v) is 3.19. The zero-order valence-electron chi connectivity index (χ0n) is 11.0. The van der Waals surface area contributed by atoms with Crippen molar-refractivity contribution in [2.75, 3.05) is 6.61 Å². The Kier molecular flexibility index (Phi) is 5.04. The molecule has 6 heteroatoms. The molecule has 2 rings (SSSR count). The van der Waals surface area contributed by atoms with Crippen molar-refractivity contribution < 1.29 is 9.53 Å². The van der Waals surface area contributed by atoms with Gasteiger partial charge >= 0.3 is 0 Å². The first-order valence-electron chi connectivity index (χ1n) is 6.19. The molecular weight excluding hydrogens is 299 g/mol. The van der Waals surface area contributed by atoms with Crippen LogP contribution >= 0.6 is 23.2 Å². The maximum atomic E-state index is 11.8. The van der Waals surface area contributed by atoms with Gasteiger partial charge in [0, 0.05) is 17.6 Å². The number of halogens is 2. The van der Waals surface area contributed by atoms with E-state index in [1.807, 2.05) is 6.92 Å². The Hall–Kier alpha value is -1.52. The lowest BCUT2D eigenvalue weighted by molar-refractivity contribution is 0.0877. The molecule has 0 saturated heterocycles. The Morgan fingerprint density at radius 3 is 2.80 bits per heavy atom. The maximum absolute atomic E-state index is 11.8. The van der Waals surface area contributed by atoms with E-state index in [4.69, 9.17) is 27.9 Å². The van der Waals surface area contributed by atoms with E-state index < -0.39 is 0 Å². The summed E-state index contributed by atoms with van der Waals surface area (Å²) in [5, 5.41) is 5.09. The van der Waals surface area contributed by atoms with E-state index in [-0.39, 0.29) is 5.91 Å².